The molecule has 0 N–H and O–H groups in total. The van der Waals surface area contributed by atoms with E-state index in [1.807, 2.05) is 6.08 Å². The maximum atomic E-state index is 6.36. The molecule has 3 rings (SSSR count). The second kappa shape index (κ2) is 14.3. The Hall–Kier alpha value is -2.02. The molecule has 33 heavy (non-hydrogen) atoms. The molecule has 180 valence electrons. The lowest BCUT2D eigenvalue weighted by molar-refractivity contribution is 0.177. The Bertz CT molecular complexity index is 780. The van der Waals surface area contributed by atoms with Gasteiger partial charge in [-0.2, -0.15) is 0 Å². The van der Waals surface area contributed by atoms with E-state index >= 15 is 0 Å². The first-order valence-electron chi connectivity index (χ1n) is 13.7. The van der Waals surface area contributed by atoms with Crippen molar-refractivity contribution in [3.8, 4) is 5.75 Å². The molecule has 2 aromatic carbocycles. The SMILES string of the molecule is C=CCCc1ccc(O[C@H](CCC)CCCc2ccc(C3CCC(CCC)CC3)cc2)cc1. The predicted molar refractivity (Wildman–Crippen MR) is 143 cm³/mol. The van der Waals surface area contributed by atoms with Gasteiger partial charge < -0.3 is 4.74 Å². The topological polar surface area (TPSA) is 9.23 Å². The quantitative estimate of drug-likeness (QED) is 0.263. The number of ether oxygens (including phenoxy) is 1. The van der Waals surface area contributed by atoms with Gasteiger partial charge in [0, 0.05) is 0 Å². The fourth-order valence-corrected chi connectivity index (χ4v) is 5.46. The van der Waals surface area contributed by atoms with Crippen LogP contribution in [0.2, 0.25) is 0 Å². The standard InChI is InChI=1S/C32H46O/c1-4-7-11-27-18-24-32(25-19-27)33-31(10-6-3)13-8-12-28-16-22-30(23-17-28)29-20-14-26(9-5-2)15-21-29/h4,16-19,22-26,29,31H,1,5-15,20-21H2,2-3H3/t26?,29?,31-/m1/s1. The summed E-state index contributed by atoms with van der Waals surface area (Å²) < 4.78 is 6.36. The van der Waals surface area contributed by atoms with Crippen molar-refractivity contribution in [1.29, 1.82) is 0 Å². The minimum Gasteiger partial charge on any atom is -0.490 e. The van der Waals surface area contributed by atoms with Gasteiger partial charge in [0.05, 0.1) is 6.10 Å². The first-order valence-corrected chi connectivity index (χ1v) is 13.7. The molecule has 1 fully saturated rings. The van der Waals surface area contributed by atoms with E-state index in [0.29, 0.717) is 6.10 Å². The highest BCUT2D eigenvalue weighted by molar-refractivity contribution is 5.28. The van der Waals surface area contributed by atoms with Gasteiger partial charge in [0.25, 0.3) is 0 Å². The molecular weight excluding hydrogens is 400 g/mol. The van der Waals surface area contributed by atoms with Gasteiger partial charge in [-0.25, -0.2) is 0 Å². The molecule has 2 aromatic rings. The largest absolute Gasteiger partial charge is 0.490 e. The van der Waals surface area contributed by atoms with Crippen LogP contribution in [0.25, 0.3) is 0 Å². The van der Waals surface area contributed by atoms with Crippen molar-refractivity contribution in [2.75, 3.05) is 0 Å². The Morgan fingerprint density at radius 1 is 0.848 bits per heavy atom. The van der Waals surface area contributed by atoms with Crippen LogP contribution in [-0.2, 0) is 12.8 Å². The first-order chi connectivity index (χ1) is 16.2. The van der Waals surface area contributed by atoms with E-state index in [9.17, 15) is 0 Å². The molecule has 1 atom stereocenters. The summed E-state index contributed by atoms with van der Waals surface area (Å²) in [4.78, 5) is 0. The molecule has 0 aliphatic heterocycles. The average molecular weight is 447 g/mol. The van der Waals surface area contributed by atoms with Gasteiger partial charge >= 0.3 is 0 Å². The molecule has 1 aliphatic carbocycles. The number of allylic oxidation sites excluding steroid dienone is 1. The van der Waals surface area contributed by atoms with Gasteiger partial charge in [-0.05, 0) is 105 Å². The molecule has 1 heteroatoms. The van der Waals surface area contributed by atoms with Gasteiger partial charge in [-0.1, -0.05) is 75.6 Å². The summed E-state index contributed by atoms with van der Waals surface area (Å²) in [6, 6.07) is 18.2. The van der Waals surface area contributed by atoms with Crippen molar-refractivity contribution in [2.24, 2.45) is 5.92 Å². The molecule has 1 nitrogen and oxygen atoms in total. The highest BCUT2D eigenvalue weighted by atomic mass is 16.5. The van der Waals surface area contributed by atoms with Gasteiger partial charge in [-0.3, -0.25) is 0 Å². The Balaban J connectivity index is 1.43. The van der Waals surface area contributed by atoms with E-state index in [1.165, 1.54) is 56.1 Å². The summed E-state index contributed by atoms with van der Waals surface area (Å²) in [6.45, 7) is 8.39. The van der Waals surface area contributed by atoms with Gasteiger partial charge in [0.15, 0.2) is 0 Å². The number of rotatable bonds is 14. The first kappa shape index (κ1) is 25.6. The van der Waals surface area contributed by atoms with Crippen molar-refractivity contribution in [3.63, 3.8) is 0 Å². The molecule has 0 unspecified atom stereocenters. The Morgan fingerprint density at radius 3 is 2.15 bits per heavy atom. The van der Waals surface area contributed by atoms with Crippen LogP contribution in [0.15, 0.2) is 61.2 Å². The van der Waals surface area contributed by atoms with Gasteiger partial charge in [0.1, 0.15) is 5.75 Å². The lowest BCUT2D eigenvalue weighted by atomic mass is 9.77. The summed E-state index contributed by atoms with van der Waals surface area (Å²) in [5, 5.41) is 0. The van der Waals surface area contributed by atoms with Crippen LogP contribution < -0.4 is 4.74 Å². The summed E-state index contributed by atoms with van der Waals surface area (Å²) >= 11 is 0. The minimum absolute atomic E-state index is 0.312. The normalized spacial score (nSPS) is 19.2. The third-order valence-corrected chi connectivity index (χ3v) is 7.46. The average Bonchev–Trinajstić information content (AvgIpc) is 2.85. The molecular formula is C32H46O. The summed E-state index contributed by atoms with van der Waals surface area (Å²) in [5.74, 6) is 2.78. The zero-order chi connectivity index (χ0) is 23.3. The Kier molecular flexibility index (Phi) is 11.1. The highest BCUT2D eigenvalue weighted by Gasteiger charge is 2.21. The zero-order valence-electron chi connectivity index (χ0n) is 21.2. The number of hydrogen-bond donors (Lipinski definition) is 0. The smallest absolute Gasteiger partial charge is 0.119 e. The van der Waals surface area contributed by atoms with Crippen molar-refractivity contribution in [1.82, 2.24) is 0 Å². The van der Waals surface area contributed by atoms with E-state index in [0.717, 1.165) is 56.1 Å². The zero-order valence-corrected chi connectivity index (χ0v) is 21.2. The third-order valence-electron chi connectivity index (χ3n) is 7.46. The monoisotopic (exact) mass is 446 g/mol. The fraction of sp³-hybridized carbons (Fsp3) is 0.562. The lowest BCUT2D eigenvalue weighted by Crippen LogP contribution is -2.16. The van der Waals surface area contributed by atoms with Crippen molar-refractivity contribution in [3.05, 3.63) is 77.9 Å². The van der Waals surface area contributed by atoms with E-state index in [4.69, 9.17) is 4.74 Å². The predicted octanol–water partition coefficient (Wildman–Crippen LogP) is 9.45. The van der Waals surface area contributed by atoms with Crippen LogP contribution in [0.4, 0.5) is 0 Å². The molecule has 0 heterocycles. The van der Waals surface area contributed by atoms with Crippen LogP contribution in [0.5, 0.6) is 5.75 Å². The number of benzene rings is 2. The van der Waals surface area contributed by atoms with Crippen LogP contribution in [0.3, 0.4) is 0 Å². The molecule has 1 saturated carbocycles. The van der Waals surface area contributed by atoms with Crippen LogP contribution in [0.1, 0.15) is 107 Å². The van der Waals surface area contributed by atoms with Crippen molar-refractivity contribution >= 4 is 0 Å². The molecule has 1 aliphatic rings. The van der Waals surface area contributed by atoms with Crippen LogP contribution in [-0.4, -0.2) is 6.10 Å². The summed E-state index contributed by atoms with van der Waals surface area (Å²) in [6.07, 6.45) is 18.5. The summed E-state index contributed by atoms with van der Waals surface area (Å²) in [7, 11) is 0. The Labute approximate surface area is 203 Å². The second-order valence-electron chi connectivity index (χ2n) is 10.1. The maximum Gasteiger partial charge on any atom is 0.119 e. The molecule has 0 radical (unpaired) electrons. The van der Waals surface area contributed by atoms with Crippen molar-refractivity contribution in [2.45, 2.75) is 109 Å². The van der Waals surface area contributed by atoms with Crippen molar-refractivity contribution < 1.29 is 4.74 Å². The summed E-state index contributed by atoms with van der Waals surface area (Å²) in [5.41, 5.74) is 4.39. The van der Waals surface area contributed by atoms with E-state index in [1.54, 1.807) is 5.56 Å². The highest BCUT2D eigenvalue weighted by Crippen LogP contribution is 2.37. The van der Waals surface area contributed by atoms with E-state index in [-0.39, 0.29) is 0 Å². The molecule has 0 amide bonds. The number of aryl methyl sites for hydroxylation is 2. The molecule has 0 bridgehead atoms. The molecule has 0 spiro atoms. The third kappa shape index (κ3) is 8.69. The van der Waals surface area contributed by atoms with Crippen LogP contribution in [0, 0.1) is 5.92 Å². The Morgan fingerprint density at radius 2 is 1.52 bits per heavy atom. The van der Waals surface area contributed by atoms with E-state index < -0.39 is 0 Å². The van der Waals surface area contributed by atoms with Gasteiger partial charge in [-0.15, -0.1) is 6.58 Å². The molecule has 0 aromatic heterocycles. The second-order valence-corrected chi connectivity index (χ2v) is 10.1. The fourth-order valence-electron chi connectivity index (χ4n) is 5.46. The minimum atomic E-state index is 0.312. The van der Waals surface area contributed by atoms with Crippen LogP contribution >= 0.6 is 0 Å². The van der Waals surface area contributed by atoms with E-state index in [2.05, 4.69) is 69.0 Å². The lowest BCUT2D eigenvalue weighted by Gasteiger charge is -2.28. The van der Waals surface area contributed by atoms with Gasteiger partial charge in [0.2, 0.25) is 0 Å². The number of hydrogen-bond acceptors (Lipinski definition) is 1. The maximum absolute atomic E-state index is 6.36. The molecule has 0 saturated heterocycles.